The van der Waals surface area contributed by atoms with E-state index in [2.05, 4.69) is 0 Å². The SMILES string of the molecule is NNC(=O)c1ccc(Cn2cc(Cl)c3ccccc32)o1. The third-order valence-corrected chi connectivity index (χ3v) is 3.38. The van der Waals surface area contributed by atoms with Crippen molar-refractivity contribution in [1.82, 2.24) is 9.99 Å². The first-order valence-corrected chi connectivity index (χ1v) is 6.40. The van der Waals surface area contributed by atoms with Crippen molar-refractivity contribution >= 4 is 28.4 Å². The summed E-state index contributed by atoms with van der Waals surface area (Å²) in [5, 5.41) is 1.67. The van der Waals surface area contributed by atoms with Crippen molar-refractivity contribution in [3.63, 3.8) is 0 Å². The Bertz CT molecular complexity index is 776. The van der Waals surface area contributed by atoms with E-state index in [0.717, 1.165) is 10.9 Å². The van der Waals surface area contributed by atoms with Crippen LogP contribution < -0.4 is 11.3 Å². The molecule has 0 unspecified atom stereocenters. The van der Waals surface area contributed by atoms with Gasteiger partial charge in [-0.3, -0.25) is 10.2 Å². The molecule has 2 aromatic heterocycles. The fourth-order valence-electron chi connectivity index (χ4n) is 2.16. The van der Waals surface area contributed by atoms with Crippen molar-refractivity contribution < 1.29 is 9.21 Å². The number of furan rings is 1. The lowest BCUT2D eigenvalue weighted by atomic mass is 10.2. The van der Waals surface area contributed by atoms with Gasteiger partial charge in [0.05, 0.1) is 11.6 Å². The summed E-state index contributed by atoms with van der Waals surface area (Å²) in [6, 6.07) is 11.2. The lowest BCUT2D eigenvalue weighted by Gasteiger charge is -2.02. The summed E-state index contributed by atoms with van der Waals surface area (Å²) < 4.78 is 7.42. The summed E-state index contributed by atoms with van der Waals surface area (Å²) in [5.41, 5.74) is 3.04. The predicted octanol–water partition coefficient (Wildman–Crippen LogP) is 2.54. The molecule has 5 nitrogen and oxygen atoms in total. The van der Waals surface area contributed by atoms with Gasteiger partial charge in [0.15, 0.2) is 5.76 Å². The standard InChI is InChI=1S/C14H12ClN3O2/c15-11-8-18(12-4-2-1-3-10(11)12)7-9-5-6-13(20-9)14(19)17-16/h1-6,8H,7,16H2,(H,17,19). The van der Waals surface area contributed by atoms with E-state index in [1.807, 2.05) is 40.5 Å². The number of nitrogens with zero attached hydrogens (tertiary/aromatic N) is 1. The number of nitrogens with two attached hydrogens (primary N) is 1. The molecule has 0 saturated heterocycles. The van der Waals surface area contributed by atoms with Crippen LogP contribution in [-0.2, 0) is 6.54 Å². The zero-order valence-corrected chi connectivity index (χ0v) is 11.2. The van der Waals surface area contributed by atoms with Gasteiger partial charge in [0.1, 0.15) is 5.76 Å². The molecule has 0 bridgehead atoms. The van der Waals surface area contributed by atoms with Gasteiger partial charge in [-0.25, -0.2) is 5.84 Å². The number of carbonyl (C=O) groups is 1. The van der Waals surface area contributed by atoms with E-state index in [4.69, 9.17) is 21.9 Å². The summed E-state index contributed by atoms with van der Waals surface area (Å²) in [6.45, 7) is 0.491. The molecule has 0 atom stereocenters. The number of nitrogens with one attached hydrogen (secondary N) is 1. The second kappa shape index (κ2) is 5.03. The molecule has 0 aliphatic rings. The number of hydrogen-bond donors (Lipinski definition) is 2. The van der Waals surface area contributed by atoms with E-state index < -0.39 is 5.91 Å². The van der Waals surface area contributed by atoms with Crippen LogP contribution in [0.15, 0.2) is 47.0 Å². The van der Waals surface area contributed by atoms with E-state index in [1.54, 1.807) is 12.1 Å². The Balaban J connectivity index is 1.93. The van der Waals surface area contributed by atoms with Crippen LogP contribution in [0.2, 0.25) is 5.02 Å². The maximum atomic E-state index is 11.3. The molecule has 0 aliphatic heterocycles. The summed E-state index contributed by atoms with van der Waals surface area (Å²) in [7, 11) is 0. The Labute approximate surface area is 119 Å². The van der Waals surface area contributed by atoms with Crippen LogP contribution in [0.4, 0.5) is 0 Å². The van der Waals surface area contributed by atoms with Gasteiger partial charge in [-0.05, 0) is 18.2 Å². The number of halogens is 1. The molecule has 1 aromatic carbocycles. The number of carbonyl (C=O) groups excluding carboxylic acids is 1. The summed E-state index contributed by atoms with van der Waals surface area (Å²) >= 11 is 6.19. The van der Waals surface area contributed by atoms with Gasteiger partial charge in [0.2, 0.25) is 0 Å². The Morgan fingerprint density at radius 1 is 1.30 bits per heavy atom. The molecule has 1 amide bonds. The lowest BCUT2D eigenvalue weighted by molar-refractivity contribution is 0.0924. The second-order valence-electron chi connectivity index (χ2n) is 4.36. The molecule has 0 fully saturated rings. The van der Waals surface area contributed by atoms with Gasteiger partial charge in [-0.2, -0.15) is 0 Å². The Hall–Kier alpha value is -2.24. The Morgan fingerprint density at radius 3 is 2.90 bits per heavy atom. The second-order valence-corrected chi connectivity index (χ2v) is 4.77. The predicted molar refractivity (Wildman–Crippen MR) is 76.4 cm³/mol. The molecule has 3 aromatic rings. The largest absolute Gasteiger partial charge is 0.454 e. The highest BCUT2D eigenvalue weighted by Gasteiger charge is 2.11. The first-order valence-electron chi connectivity index (χ1n) is 6.02. The van der Waals surface area contributed by atoms with Gasteiger partial charge in [-0.15, -0.1) is 0 Å². The van der Waals surface area contributed by atoms with Crippen molar-refractivity contribution in [2.45, 2.75) is 6.54 Å². The molecule has 6 heteroatoms. The minimum atomic E-state index is -0.452. The first kappa shape index (κ1) is 12.8. The van der Waals surface area contributed by atoms with E-state index in [-0.39, 0.29) is 5.76 Å². The third-order valence-electron chi connectivity index (χ3n) is 3.08. The fourth-order valence-corrected chi connectivity index (χ4v) is 2.43. The maximum Gasteiger partial charge on any atom is 0.300 e. The van der Waals surface area contributed by atoms with E-state index >= 15 is 0 Å². The molecule has 102 valence electrons. The van der Waals surface area contributed by atoms with Crippen molar-refractivity contribution in [3.05, 3.63) is 59.1 Å². The van der Waals surface area contributed by atoms with Crippen molar-refractivity contribution in [1.29, 1.82) is 0 Å². The number of aromatic nitrogens is 1. The van der Waals surface area contributed by atoms with Crippen molar-refractivity contribution in [2.24, 2.45) is 5.84 Å². The normalized spacial score (nSPS) is 10.9. The van der Waals surface area contributed by atoms with Gasteiger partial charge in [0.25, 0.3) is 0 Å². The average molecular weight is 290 g/mol. The van der Waals surface area contributed by atoms with E-state index in [0.29, 0.717) is 17.3 Å². The van der Waals surface area contributed by atoms with Crippen molar-refractivity contribution in [2.75, 3.05) is 0 Å². The van der Waals surface area contributed by atoms with Gasteiger partial charge in [-0.1, -0.05) is 29.8 Å². The highest BCUT2D eigenvalue weighted by molar-refractivity contribution is 6.35. The van der Waals surface area contributed by atoms with Crippen LogP contribution in [0, 0.1) is 0 Å². The maximum absolute atomic E-state index is 11.3. The van der Waals surface area contributed by atoms with E-state index in [9.17, 15) is 4.79 Å². The zero-order valence-electron chi connectivity index (χ0n) is 10.5. The monoisotopic (exact) mass is 289 g/mol. The van der Waals surface area contributed by atoms with Crippen molar-refractivity contribution in [3.8, 4) is 0 Å². The Kier molecular flexibility index (Phi) is 3.22. The molecule has 0 spiro atoms. The molecule has 20 heavy (non-hydrogen) atoms. The van der Waals surface area contributed by atoms with Gasteiger partial charge >= 0.3 is 5.91 Å². The lowest BCUT2D eigenvalue weighted by Crippen LogP contribution is -2.29. The third kappa shape index (κ3) is 2.17. The molecular weight excluding hydrogens is 278 g/mol. The summed E-state index contributed by atoms with van der Waals surface area (Å²) in [5.74, 6) is 5.45. The van der Waals surface area contributed by atoms with Gasteiger partial charge < -0.3 is 8.98 Å². The minimum absolute atomic E-state index is 0.185. The number of hydrogen-bond acceptors (Lipinski definition) is 3. The molecular formula is C14H12ClN3O2. The molecule has 0 aliphatic carbocycles. The molecule has 0 radical (unpaired) electrons. The van der Waals surface area contributed by atoms with Crippen LogP contribution in [0.3, 0.4) is 0 Å². The number of amides is 1. The first-order chi connectivity index (χ1) is 9.69. The molecule has 0 saturated carbocycles. The number of hydrazine groups is 1. The number of nitrogen functional groups attached to an aromatic ring is 1. The smallest absolute Gasteiger partial charge is 0.300 e. The van der Waals surface area contributed by atoms with Crippen LogP contribution >= 0.6 is 11.6 Å². The number of fused-ring (bicyclic) bond motifs is 1. The van der Waals surface area contributed by atoms with Crippen LogP contribution in [0.5, 0.6) is 0 Å². The molecule has 3 rings (SSSR count). The highest BCUT2D eigenvalue weighted by atomic mass is 35.5. The van der Waals surface area contributed by atoms with Crippen LogP contribution in [0.25, 0.3) is 10.9 Å². The summed E-state index contributed by atoms with van der Waals surface area (Å²) in [4.78, 5) is 11.3. The number of rotatable bonds is 3. The molecule has 2 heterocycles. The number of para-hydroxylation sites is 1. The summed E-state index contributed by atoms with van der Waals surface area (Å²) in [6.07, 6.45) is 1.84. The number of benzene rings is 1. The molecule has 3 N–H and O–H groups in total. The van der Waals surface area contributed by atoms with Crippen LogP contribution in [0.1, 0.15) is 16.3 Å². The minimum Gasteiger partial charge on any atom is -0.454 e. The topological polar surface area (TPSA) is 73.2 Å². The van der Waals surface area contributed by atoms with Crippen LogP contribution in [-0.4, -0.2) is 10.5 Å². The average Bonchev–Trinajstić information content (AvgIpc) is 3.05. The highest BCUT2D eigenvalue weighted by Crippen LogP contribution is 2.26. The Morgan fingerprint density at radius 2 is 2.10 bits per heavy atom. The quantitative estimate of drug-likeness (QED) is 0.442. The zero-order chi connectivity index (χ0) is 14.1. The fraction of sp³-hybridized carbons (Fsp3) is 0.0714. The van der Waals surface area contributed by atoms with Gasteiger partial charge in [0, 0.05) is 17.1 Å². The van der Waals surface area contributed by atoms with E-state index in [1.165, 1.54) is 0 Å².